The highest BCUT2D eigenvalue weighted by Gasteiger charge is 2.20. The predicted molar refractivity (Wildman–Crippen MR) is 68.4 cm³/mol. The molecule has 1 aromatic rings. The van der Waals surface area contributed by atoms with Gasteiger partial charge in [0.1, 0.15) is 11.3 Å². The van der Waals surface area contributed by atoms with Gasteiger partial charge < -0.3 is 25.7 Å². The molecule has 1 saturated heterocycles. The molecule has 4 N–H and O–H groups in total. The van der Waals surface area contributed by atoms with Gasteiger partial charge in [0.2, 0.25) is 0 Å². The number of aromatic carboxylic acids is 1. The molecule has 0 saturated carbocycles. The smallest absolute Gasteiger partial charge is 0.339 e. The highest BCUT2D eigenvalue weighted by atomic mass is 16.4. The van der Waals surface area contributed by atoms with Crippen LogP contribution in [0.2, 0.25) is 0 Å². The summed E-state index contributed by atoms with van der Waals surface area (Å²) in [5.74, 6) is -1.43. The van der Waals surface area contributed by atoms with Gasteiger partial charge in [-0.3, -0.25) is 0 Å². The highest BCUT2D eigenvalue weighted by Crippen LogP contribution is 2.24. The van der Waals surface area contributed by atoms with Crippen molar-refractivity contribution in [2.45, 2.75) is 0 Å². The van der Waals surface area contributed by atoms with Crippen molar-refractivity contribution in [3.8, 4) is 5.75 Å². The average Bonchev–Trinajstić information content (AvgIpc) is 2.39. The molecule has 2 amide bonds. The molecule has 1 aromatic carbocycles. The van der Waals surface area contributed by atoms with Gasteiger partial charge in [-0.15, -0.1) is 0 Å². The molecule has 1 aliphatic heterocycles. The molecule has 1 aliphatic rings. The van der Waals surface area contributed by atoms with Crippen LogP contribution in [0.3, 0.4) is 0 Å². The Bertz CT molecular complexity index is 510. The van der Waals surface area contributed by atoms with Crippen LogP contribution in [0, 0.1) is 0 Å². The normalized spacial score (nSPS) is 15.4. The van der Waals surface area contributed by atoms with E-state index in [1.165, 1.54) is 17.0 Å². The molecular weight excluding hydrogens is 250 g/mol. The summed E-state index contributed by atoms with van der Waals surface area (Å²) in [6.45, 7) is 2.15. The molecule has 102 valence electrons. The third-order valence-corrected chi connectivity index (χ3v) is 3.17. The second-order valence-corrected chi connectivity index (χ2v) is 4.32. The monoisotopic (exact) mass is 265 g/mol. The number of piperazine rings is 1. The third kappa shape index (κ3) is 2.70. The van der Waals surface area contributed by atoms with Gasteiger partial charge in [-0.05, 0) is 18.2 Å². The Kier molecular flexibility index (Phi) is 3.46. The lowest BCUT2D eigenvalue weighted by Crippen LogP contribution is -2.50. The number of carbonyl (C=O) groups excluding carboxylic acids is 1. The molecule has 1 fully saturated rings. The second-order valence-electron chi connectivity index (χ2n) is 4.32. The number of urea groups is 1. The van der Waals surface area contributed by atoms with Gasteiger partial charge in [0.05, 0.1) is 0 Å². The zero-order valence-corrected chi connectivity index (χ0v) is 10.2. The fourth-order valence-corrected chi connectivity index (χ4v) is 2.08. The third-order valence-electron chi connectivity index (χ3n) is 3.17. The first-order chi connectivity index (χ1) is 8.99. The summed E-state index contributed by atoms with van der Waals surface area (Å²) in [5.41, 5.74) is 5.77. The van der Waals surface area contributed by atoms with Gasteiger partial charge in [-0.1, -0.05) is 0 Å². The number of nitrogens with two attached hydrogens (primary N) is 1. The van der Waals surface area contributed by atoms with Gasteiger partial charge in [0, 0.05) is 31.9 Å². The van der Waals surface area contributed by atoms with Gasteiger partial charge >= 0.3 is 12.0 Å². The van der Waals surface area contributed by atoms with Crippen molar-refractivity contribution in [3.05, 3.63) is 23.8 Å². The van der Waals surface area contributed by atoms with E-state index >= 15 is 0 Å². The molecule has 0 spiro atoms. The van der Waals surface area contributed by atoms with E-state index in [1.54, 1.807) is 6.07 Å². The summed E-state index contributed by atoms with van der Waals surface area (Å²) in [6.07, 6.45) is 0. The Balaban J connectivity index is 2.14. The Morgan fingerprint density at radius 2 is 1.79 bits per heavy atom. The van der Waals surface area contributed by atoms with Crippen LogP contribution in [0.15, 0.2) is 18.2 Å². The maximum Gasteiger partial charge on any atom is 0.339 e. The van der Waals surface area contributed by atoms with E-state index in [1.807, 2.05) is 4.90 Å². The summed E-state index contributed by atoms with van der Waals surface area (Å²) in [6, 6.07) is 4.00. The van der Waals surface area contributed by atoms with Gasteiger partial charge in [-0.2, -0.15) is 0 Å². The average molecular weight is 265 g/mol. The lowest BCUT2D eigenvalue weighted by molar-refractivity contribution is 0.0693. The second kappa shape index (κ2) is 5.05. The van der Waals surface area contributed by atoms with E-state index in [-0.39, 0.29) is 11.3 Å². The molecule has 2 rings (SSSR count). The number of carbonyl (C=O) groups is 2. The summed E-state index contributed by atoms with van der Waals surface area (Å²) in [5, 5.41) is 18.4. The van der Waals surface area contributed by atoms with Crippen molar-refractivity contribution in [1.82, 2.24) is 4.90 Å². The first kappa shape index (κ1) is 13.0. The van der Waals surface area contributed by atoms with E-state index < -0.39 is 12.0 Å². The topological polar surface area (TPSA) is 107 Å². The van der Waals surface area contributed by atoms with Crippen molar-refractivity contribution in [2.24, 2.45) is 5.73 Å². The number of nitrogens with zero attached hydrogens (tertiary/aromatic N) is 2. The van der Waals surface area contributed by atoms with Gasteiger partial charge in [-0.25, -0.2) is 9.59 Å². The van der Waals surface area contributed by atoms with E-state index in [0.717, 1.165) is 0 Å². The largest absolute Gasteiger partial charge is 0.507 e. The maximum atomic E-state index is 11.0. The minimum absolute atomic E-state index is 0.130. The van der Waals surface area contributed by atoms with Crippen LogP contribution in [-0.4, -0.2) is 53.3 Å². The number of benzene rings is 1. The molecule has 1 heterocycles. The van der Waals surface area contributed by atoms with Gasteiger partial charge in [0.25, 0.3) is 0 Å². The molecule has 19 heavy (non-hydrogen) atoms. The number of phenols is 1. The molecule has 0 radical (unpaired) electrons. The number of hydrogen-bond donors (Lipinski definition) is 3. The van der Waals surface area contributed by atoms with E-state index in [4.69, 9.17) is 10.8 Å². The van der Waals surface area contributed by atoms with E-state index in [2.05, 4.69) is 0 Å². The number of rotatable bonds is 2. The van der Waals surface area contributed by atoms with E-state index in [9.17, 15) is 14.7 Å². The van der Waals surface area contributed by atoms with E-state index in [0.29, 0.717) is 31.9 Å². The first-order valence-corrected chi connectivity index (χ1v) is 5.84. The molecule has 7 nitrogen and oxygen atoms in total. The highest BCUT2D eigenvalue weighted by molar-refractivity contribution is 5.92. The van der Waals surface area contributed by atoms with Crippen molar-refractivity contribution < 1.29 is 19.8 Å². The molecule has 0 bridgehead atoms. The molecule has 0 unspecified atom stereocenters. The quantitative estimate of drug-likeness (QED) is 0.712. The Morgan fingerprint density at radius 3 is 2.32 bits per heavy atom. The molecule has 0 aromatic heterocycles. The summed E-state index contributed by atoms with van der Waals surface area (Å²) in [7, 11) is 0. The molecule has 7 heteroatoms. The molecule has 0 aliphatic carbocycles. The maximum absolute atomic E-state index is 11.0. The summed E-state index contributed by atoms with van der Waals surface area (Å²) < 4.78 is 0. The van der Waals surface area contributed by atoms with Crippen LogP contribution in [0.5, 0.6) is 5.75 Å². The van der Waals surface area contributed by atoms with Crippen LogP contribution in [0.1, 0.15) is 10.4 Å². The standard InChI is InChI=1S/C12H15N3O4/c13-12(19)15-5-3-14(4-6-15)8-1-2-10(16)9(7-8)11(17)18/h1-2,7,16H,3-6H2,(H2,13,19)(H,17,18). The van der Waals surface area contributed by atoms with Crippen LogP contribution >= 0.6 is 0 Å². The van der Waals surface area contributed by atoms with Crippen LogP contribution < -0.4 is 10.6 Å². The van der Waals surface area contributed by atoms with Crippen LogP contribution in [-0.2, 0) is 0 Å². The Labute approximate surface area is 109 Å². The van der Waals surface area contributed by atoms with Crippen molar-refractivity contribution in [2.75, 3.05) is 31.1 Å². The van der Waals surface area contributed by atoms with Crippen LogP contribution in [0.25, 0.3) is 0 Å². The number of carboxylic acid groups (broad SMARTS) is 1. The fraction of sp³-hybridized carbons (Fsp3) is 0.333. The number of amides is 2. The molecular formula is C12H15N3O4. The van der Waals surface area contributed by atoms with Crippen molar-refractivity contribution >= 4 is 17.7 Å². The van der Waals surface area contributed by atoms with Crippen molar-refractivity contribution in [3.63, 3.8) is 0 Å². The summed E-state index contributed by atoms with van der Waals surface area (Å²) in [4.78, 5) is 25.4. The Morgan fingerprint density at radius 1 is 1.16 bits per heavy atom. The van der Waals surface area contributed by atoms with Crippen molar-refractivity contribution in [1.29, 1.82) is 0 Å². The fourth-order valence-electron chi connectivity index (χ4n) is 2.08. The lowest BCUT2D eigenvalue weighted by atomic mass is 10.1. The number of anilines is 1. The minimum atomic E-state index is -1.17. The lowest BCUT2D eigenvalue weighted by Gasteiger charge is -2.35. The Hall–Kier alpha value is -2.44. The van der Waals surface area contributed by atoms with Gasteiger partial charge in [0.15, 0.2) is 0 Å². The number of aromatic hydroxyl groups is 1. The SMILES string of the molecule is NC(=O)N1CCN(c2ccc(O)c(C(=O)O)c2)CC1. The zero-order valence-electron chi connectivity index (χ0n) is 10.2. The summed E-state index contributed by atoms with van der Waals surface area (Å²) >= 11 is 0. The van der Waals surface area contributed by atoms with Crippen LogP contribution in [0.4, 0.5) is 10.5 Å². The predicted octanol–water partition coefficient (Wildman–Crippen LogP) is 0.291. The molecule has 0 atom stereocenters. The number of primary amides is 1. The minimum Gasteiger partial charge on any atom is -0.507 e. The zero-order chi connectivity index (χ0) is 14.0. The first-order valence-electron chi connectivity index (χ1n) is 5.84. The number of carboxylic acids is 1. The number of hydrogen-bond acceptors (Lipinski definition) is 4.